The van der Waals surface area contributed by atoms with Gasteiger partial charge in [-0.05, 0) is 26.2 Å². The van der Waals surface area contributed by atoms with Crippen LogP contribution >= 0.6 is 0 Å². The first-order valence-corrected chi connectivity index (χ1v) is 7.60. The lowest BCUT2D eigenvalue weighted by Gasteiger charge is -2.23. The summed E-state index contributed by atoms with van der Waals surface area (Å²) in [6.07, 6.45) is 6.94. The molecule has 5 heteroatoms. The molecule has 1 heterocycles. The summed E-state index contributed by atoms with van der Waals surface area (Å²) in [7, 11) is 0. The van der Waals surface area contributed by atoms with Crippen molar-refractivity contribution in [3.05, 3.63) is 17.5 Å². The lowest BCUT2D eigenvalue weighted by atomic mass is 10.1. The van der Waals surface area contributed by atoms with E-state index in [1.165, 1.54) is 0 Å². The molecule has 0 saturated heterocycles. The predicted octanol–water partition coefficient (Wildman–Crippen LogP) is 2.49. The Morgan fingerprint density at radius 1 is 1.40 bits per heavy atom. The van der Waals surface area contributed by atoms with Gasteiger partial charge in [-0.2, -0.15) is 5.10 Å². The standard InChI is InChI=1S/C15H24N2O3/c1-3-12-11(15(19)20-4-2)10-16-17(12)13-8-6-5-7-9-14(13)18/h10,13-14,18H,3-9H2,1-2H3. The van der Waals surface area contributed by atoms with Crippen molar-refractivity contribution in [3.63, 3.8) is 0 Å². The summed E-state index contributed by atoms with van der Waals surface area (Å²) in [5.74, 6) is -0.321. The van der Waals surface area contributed by atoms with E-state index in [2.05, 4.69) is 5.10 Å². The number of aliphatic hydroxyl groups excluding tert-OH is 1. The number of aliphatic hydroxyl groups is 1. The highest BCUT2D eigenvalue weighted by atomic mass is 16.5. The first-order chi connectivity index (χ1) is 9.69. The molecule has 1 aliphatic rings. The van der Waals surface area contributed by atoms with Crippen LogP contribution in [0.3, 0.4) is 0 Å². The smallest absolute Gasteiger partial charge is 0.341 e. The third-order valence-electron chi connectivity index (χ3n) is 3.99. The van der Waals surface area contributed by atoms with Crippen molar-refractivity contribution in [2.75, 3.05) is 6.61 Å². The van der Waals surface area contributed by atoms with Crippen LogP contribution in [0, 0.1) is 0 Å². The van der Waals surface area contributed by atoms with Crippen LogP contribution in [0.25, 0.3) is 0 Å². The fourth-order valence-electron chi connectivity index (χ4n) is 2.96. The zero-order valence-corrected chi connectivity index (χ0v) is 12.3. The van der Waals surface area contributed by atoms with Crippen molar-refractivity contribution in [3.8, 4) is 0 Å². The van der Waals surface area contributed by atoms with E-state index in [1.807, 2.05) is 11.6 Å². The van der Waals surface area contributed by atoms with Gasteiger partial charge in [-0.15, -0.1) is 0 Å². The first kappa shape index (κ1) is 15.0. The molecule has 1 fully saturated rings. The molecule has 0 radical (unpaired) electrons. The molecule has 0 aliphatic heterocycles. The third kappa shape index (κ3) is 3.03. The van der Waals surface area contributed by atoms with Gasteiger partial charge < -0.3 is 9.84 Å². The van der Waals surface area contributed by atoms with Crippen LogP contribution in [0.1, 0.15) is 68.0 Å². The summed E-state index contributed by atoms with van der Waals surface area (Å²) in [6, 6.07) is -0.0179. The molecule has 5 nitrogen and oxygen atoms in total. The Bertz CT molecular complexity index is 456. The second kappa shape index (κ2) is 6.88. The summed E-state index contributed by atoms with van der Waals surface area (Å²) in [5, 5.41) is 14.7. The highest BCUT2D eigenvalue weighted by Crippen LogP contribution is 2.29. The highest BCUT2D eigenvalue weighted by molar-refractivity contribution is 5.90. The lowest BCUT2D eigenvalue weighted by molar-refractivity contribution is 0.0523. The van der Waals surface area contributed by atoms with Crippen LogP contribution in [-0.4, -0.2) is 33.6 Å². The van der Waals surface area contributed by atoms with E-state index in [4.69, 9.17) is 4.74 Å². The van der Waals surface area contributed by atoms with Gasteiger partial charge >= 0.3 is 5.97 Å². The SMILES string of the molecule is CCOC(=O)c1cnn(C2CCCCCC2O)c1CC. The summed E-state index contributed by atoms with van der Waals surface area (Å²) < 4.78 is 6.92. The highest BCUT2D eigenvalue weighted by Gasteiger charge is 2.28. The molecule has 1 N–H and O–H groups in total. The molecule has 0 aromatic carbocycles. The van der Waals surface area contributed by atoms with Crippen molar-refractivity contribution in [2.45, 2.75) is 64.5 Å². The van der Waals surface area contributed by atoms with E-state index in [9.17, 15) is 9.90 Å². The summed E-state index contributed by atoms with van der Waals surface area (Å²) >= 11 is 0. The van der Waals surface area contributed by atoms with Crippen molar-refractivity contribution in [1.82, 2.24) is 9.78 Å². The number of esters is 1. The molecule has 0 bridgehead atoms. The number of ether oxygens (including phenoxy) is 1. The Hall–Kier alpha value is -1.36. The molecule has 0 spiro atoms. The molecule has 1 aromatic heterocycles. The fraction of sp³-hybridized carbons (Fsp3) is 0.733. The molecule has 2 atom stereocenters. The maximum absolute atomic E-state index is 11.9. The Labute approximate surface area is 119 Å². The van der Waals surface area contributed by atoms with Gasteiger partial charge in [0.15, 0.2) is 0 Å². The minimum absolute atomic E-state index is 0.0179. The van der Waals surface area contributed by atoms with Crippen LogP contribution in [0.5, 0.6) is 0 Å². The van der Waals surface area contributed by atoms with Crippen molar-refractivity contribution in [1.29, 1.82) is 0 Å². The van der Waals surface area contributed by atoms with Crippen molar-refractivity contribution >= 4 is 5.97 Å². The zero-order chi connectivity index (χ0) is 14.5. The van der Waals surface area contributed by atoms with Gasteiger partial charge in [0.05, 0.1) is 30.6 Å². The number of carbonyl (C=O) groups is 1. The second-order valence-electron chi connectivity index (χ2n) is 5.30. The number of rotatable bonds is 4. The topological polar surface area (TPSA) is 64.3 Å². The largest absolute Gasteiger partial charge is 0.462 e. The molecule has 1 saturated carbocycles. The van der Waals surface area contributed by atoms with Crippen LogP contribution < -0.4 is 0 Å². The van der Waals surface area contributed by atoms with E-state index in [0.29, 0.717) is 18.6 Å². The Kier molecular flexibility index (Phi) is 5.17. The van der Waals surface area contributed by atoms with Crippen LogP contribution in [-0.2, 0) is 11.2 Å². The quantitative estimate of drug-likeness (QED) is 0.680. The van der Waals surface area contributed by atoms with Crippen molar-refractivity contribution in [2.24, 2.45) is 0 Å². The van der Waals surface area contributed by atoms with Crippen molar-refractivity contribution < 1.29 is 14.6 Å². The maximum Gasteiger partial charge on any atom is 0.341 e. The average Bonchev–Trinajstić information content (AvgIpc) is 2.75. The van der Waals surface area contributed by atoms with E-state index in [0.717, 1.165) is 37.8 Å². The molecule has 1 aromatic rings. The van der Waals surface area contributed by atoms with Gasteiger partial charge in [-0.3, -0.25) is 4.68 Å². The fourth-order valence-corrected chi connectivity index (χ4v) is 2.96. The van der Waals surface area contributed by atoms with Gasteiger partial charge in [0.1, 0.15) is 5.56 Å². The number of aromatic nitrogens is 2. The molecule has 112 valence electrons. The van der Waals surface area contributed by atoms with Crippen LogP contribution in [0.15, 0.2) is 6.20 Å². The van der Waals surface area contributed by atoms with Gasteiger partial charge in [0.2, 0.25) is 0 Å². The molecule has 1 aliphatic carbocycles. The van der Waals surface area contributed by atoms with Gasteiger partial charge in [-0.1, -0.05) is 26.2 Å². The number of nitrogens with zero attached hydrogens (tertiary/aromatic N) is 2. The van der Waals surface area contributed by atoms with Crippen LogP contribution in [0.2, 0.25) is 0 Å². The first-order valence-electron chi connectivity index (χ1n) is 7.60. The average molecular weight is 280 g/mol. The molecule has 20 heavy (non-hydrogen) atoms. The van der Waals surface area contributed by atoms with E-state index in [-0.39, 0.29) is 18.1 Å². The molecular formula is C15H24N2O3. The van der Waals surface area contributed by atoms with E-state index in [1.54, 1.807) is 13.1 Å². The Morgan fingerprint density at radius 3 is 2.85 bits per heavy atom. The number of hydrogen-bond acceptors (Lipinski definition) is 4. The minimum Gasteiger partial charge on any atom is -0.462 e. The van der Waals surface area contributed by atoms with E-state index >= 15 is 0 Å². The lowest BCUT2D eigenvalue weighted by Crippen LogP contribution is -2.25. The normalized spacial score (nSPS) is 23.4. The van der Waals surface area contributed by atoms with Gasteiger partial charge in [-0.25, -0.2) is 4.79 Å². The molecule has 2 rings (SSSR count). The molecule has 0 amide bonds. The third-order valence-corrected chi connectivity index (χ3v) is 3.99. The zero-order valence-electron chi connectivity index (χ0n) is 12.3. The summed E-state index contributed by atoms with van der Waals surface area (Å²) in [4.78, 5) is 11.9. The number of carbonyl (C=O) groups excluding carboxylic acids is 1. The Morgan fingerprint density at radius 2 is 2.15 bits per heavy atom. The van der Waals surface area contributed by atoms with E-state index < -0.39 is 0 Å². The maximum atomic E-state index is 11.9. The van der Waals surface area contributed by atoms with Crippen LogP contribution in [0.4, 0.5) is 0 Å². The second-order valence-corrected chi connectivity index (χ2v) is 5.30. The number of hydrogen-bond donors (Lipinski definition) is 1. The minimum atomic E-state index is -0.377. The Balaban J connectivity index is 2.29. The molecule has 2 unspecified atom stereocenters. The van der Waals surface area contributed by atoms with Gasteiger partial charge in [0, 0.05) is 0 Å². The summed E-state index contributed by atoms with van der Waals surface area (Å²) in [5.41, 5.74) is 1.40. The monoisotopic (exact) mass is 280 g/mol. The molecular weight excluding hydrogens is 256 g/mol. The summed E-state index contributed by atoms with van der Waals surface area (Å²) in [6.45, 7) is 4.15. The van der Waals surface area contributed by atoms with Gasteiger partial charge in [0.25, 0.3) is 0 Å². The predicted molar refractivity (Wildman–Crippen MR) is 75.7 cm³/mol.